The van der Waals surface area contributed by atoms with Gasteiger partial charge in [-0.15, -0.1) is 0 Å². The number of likely N-dealkylation sites (tertiary alicyclic amines) is 1. The molecule has 1 aromatic carbocycles. The summed E-state index contributed by atoms with van der Waals surface area (Å²) < 4.78 is 0. The minimum absolute atomic E-state index is 0.0971. The third-order valence-electron chi connectivity index (χ3n) is 4.96. The van der Waals surface area contributed by atoms with E-state index in [9.17, 15) is 14.4 Å². The molecule has 0 aromatic heterocycles. The standard InChI is InChI=1S/C18H21ClN2O3/c1-11-10-12(19)6-7-15(11)20-16(22)8-9-21-17(23)13-4-2-3-5-14(13)18(21)24/h6-7,10,13-14H,2-5,8-9H2,1H3,(H,20,22)/t13-,14+. The normalized spacial score (nSPS) is 23.3. The predicted octanol–water partition coefficient (Wildman–Crippen LogP) is 3.15. The summed E-state index contributed by atoms with van der Waals surface area (Å²) in [7, 11) is 0. The monoisotopic (exact) mass is 348 g/mol. The van der Waals surface area contributed by atoms with Gasteiger partial charge in [-0.3, -0.25) is 19.3 Å². The Morgan fingerprint density at radius 2 is 1.83 bits per heavy atom. The first-order chi connectivity index (χ1) is 11.5. The van der Waals surface area contributed by atoms with Gasteiger partial charge in [0.2, 0.25) is 17.7 Å². The molecule has 5 nitrogen and oxygen atoms in total. The van der Waals surface area contributed by atoms with Crippen LogP contribution in [0.15, 0.2) is 18.2 Å². The lowest BCUT2D eigenvalue weighted by molar-refractivity contribution is -0.140. The van der Waals surface area contributed by atoms with E-state index in [-0.39, 0.29) is 42.5 Å². The lowest BCUT2D eigenvalue weighted by Gasteiger charge is -2.19. The van der Waals surface area contributed by atoms with Gasteiger partial charge >= 0.3 is 0 Å². The maximum Gasteiger partial charge on any atom is 0.233 e. The lowest BCUT2D eigenvalue weighted by atomic mass is 9.81. The van der Waals surface area contributed by atoms with E-state index in [0.29, 0.717) is 10.7 Å². The Kier molecular flexibility index (Phi) is 4.90. The van der Waals surface area contributed by atoms with Gasteiger partial charge in [0, 0.05) is 23.7 Å². The molecule has 2 fully saturated rings. The van der Waals surface area contributed by atoms with Crippen LogP contribution in [-0.4, -0.2) is 29.2 Å². The van der Waals surface area contributed by atoms with Crippen molar-refractivity contribution < 1.29 is 14.4 Å². The summed E-state index contributed by atoms with van der Waals surface area (Å²) in [5, 5.41) is 3.42. The molecule has 2 atom stereocenters. The minimum Gasteiger partial charge on any atom is -0.326 e. The fraction of sp³-hybridized carbons (Fsp3) is 0.500. The number of carbonyl (C=O) groups is 3. The number of amides is 3. The number of benzene rings is 1. The Morgan fingerprint density at radius 3 is 2.42 bits per heavy atom. The number of aryl methyl sites for hydroxylation is 1. The van der Waals surface area contributed by atoms with Crippen molar-refractivity contribution in [1.29, 1.82) is 0 Å². The summed E-state index contributed by atoms with van der Waals surface area (Å²) in [6.07, 6.45) is 3.71. The van der Waals surface area contributed by atoms with Crippen LogP contribution >= 0.6 is 11.6 Å². The van der Waals surface area contributed by atoms with Crippen molar-refractivity contribution in [3.05, 3.63) is 28.8 Å². The zero-order valence-corrected chi connectivity index (χ0v) is 14.4. The van der Waals surface area contributed by atoms with E-state index in [2.05, 4.69) is 5.32 Å². The van der Waals surface area contributed by atoms with E-state index in [0.717, 1.165) is 31.2 Å². The zero-order valence-electron chi connectivity index (χ0n) is 13.7. The van der Waals surface area contributed by atoms with Gasteiger partial charge in [-0.1, -0.05) is 24.4 Å². The van der Waals surface area contributed by atoms with Crippen LogP contribution in [0.3, 0.4) is 0 Å². The summed E-state index contributed by atoms with van der Waals surface area (Å²) in [5.74, 6) is -0.725. The number of halogens is 1. The first-order valence-corrected chi connectivity index (χ1v) is 8.76. The summed E-state index contributed by atoms with van der Waals surface area (Å²) in [6.45, 7) is 2.02. The molecule has 1 aliphatic carbocycles. The van der Waals surface area contributed by atoms with E-state index < -0.39 is 0 Å². The van der Waals surface area contributed by atoms with E-state index >= 15 is 0 Å². The summed E-state index contributed by atoms with van der Waals surface area (Å²) in [6, 6.07) is 5.23. The molecule has 1 saturated heterocycles. The molecule has 1 N–H and O–H groups in total. The number of carbonyl (C=O) groups excluding carboxylic acids is 3. The number of anilines is 1. The number of hydrogen-bond acceptors (Lipinski definition) is 3. The van der Waals surface area contributed by atoms with Crippen molar-refractivity contribution in [3.8, 4) is 0 Å². The van der Waals surface area contributed by atoms with Crippen LogP contribution in [-0.2, 0) is 14.4 Å². The number of hydrogen-bond donors (Lipinski definition) is 1. The molecule has 128 valence electrons. The summed E-state index contributed by atoms with van der Waals surface area (Å²) in [5.41, 5.74) is 1.56. The molecule has 1 saturated carbocycles. The molecule has 24 heavy (non-hydrogen) atoms. The summed E-state index contributed by atoms with van der Waals surface area (Å²) >= 11 is 5.90. The average molecular weight is 349 g/mol. The predicted molar refractivity (Wildman–Crippen MR) is 91.6 cm³/mol. The zero-order chi connectivity index (χ0) is 17.3. The van der Waals surface area contributed by atoms with Gasteiger partial charge in [0.25, 0.3) is 0 Å². The van der Waals surface area contributed by atoms with Crippen LogP contribution in [0.25, 0.3) is 0 Å². The van der Waals surface area contributed by atoms with Gasteiger partial charge in [-0.25, -0.2) is 0 Å². The molecule has 0 unspecified atom stereocenters. The number of nitrogens with zero attached hydrogens (tertiary/aromatic N) is 1. The van der Waals surface area contributed by atoms with E-state index in [1.54, 1.807) is 18.2 Å². The maximum absolute atomic E-state index is 12.4. The highest BCUT2D eigenvalue weighted by molar-refractivity contribution is 6.30. The van der Waals surface area contributed by atoms with Crippen molar-refractivity contribution in [2.45, 2.75) is 39.0 Å². The maximum atomic E-state index is 12.4. The van der Waals surface area contributed by atoms with Crippen LogP contribution < -0.4 is 5.32 Å². The van der Waals surface area contributed by atoms with Crippen LogP contribution in [0.2, 0.25) is 5.02 Å². The largest absolute Gasteiger partial charge is 0.326 e. The van der Waals surface area contributed by atoms with Crippen molar-refractivity contribution in [1.82, 2.24) is 4.90 Å². The average Bonchev–Trinajstić information content (AvgIpc) is 2.80. The number of fused-ring (bicyclic) bond motifs is 1. The SMILES string of the molecule is Cc1cc(Cl)ccc1NC(=O)CCN1C(=O)[C@H]2CCCC[C@H]2C1=O. The van der Waals surface area contributed by atoms with Gasteiger partial charge in [0.1, 0.15) is 0 Å². The smallest absolute Gasteiger partial charge is 0.233 e. The van der Waals surface area contributed by atoms with E-state index in [1.165, 1.54) is 4.90 Å². The minimum atomic E-state index is -0.212. The van der Waals surface area contributed by atoms with E-state index in [1.807, 2.05) is 6.92 Å². The topological polar surface area (TPSA) is 66.5 Å². The molecule has 0 bridgehead atoms. The molecule has 0 radical (unpaired) electrons. The molecule has 2 aliphatic rings. The highest BCUT2D eigenvalue weighted by Gasteiger charge is 2.47. The van der Waals surface area contributed by atoms with E-state index in [4.69, 9.17) is 11.6 Å². The number of rotatable bonds is 4. The lowest BCUT2D eigenvalue weighted by Crippen LogP contribution is -2.34. The molecule has 6 heteroatoms. The molecule has 1 aliphatic heterocycles. The molecule has 3 rings (SSSR count). The second-order valence-electron chi connectivity index (χ2n) is 6.58. The molecule has 1 aromatic rings. The van der Waals surface area contributed by atoms with Gasteiger partial charge in [-0.05, 0) is 43.5 Å². The van der Waals surface area contributed by atoms with Crippen molar-refractivity contribution in [3.63, 3.8) is 0 Å². The first-order valence-electron chi connectivity index (χ1n) is 8.38. The molecule has 1 heterocycles. The highest BCUT2D eigenvalue weighted by atomic mass is 35.5. The van der Waals surface area contributed by atoms with Gasteiger partial charge < -0.3 is 5.32 Å². The Labute approximate surface area is 146 Å². The number of nitrogens with one attached hydrogen (secondary N) is 1. The molecular weight excluding hydrogens is 328 g/mol. The second kappa shape index (κ2) is 6.93. The molecule has 3 amide bonds. The second-order valence-corrected chi connectivity index (χ2v) is 7.02. The Bertz CT molecular complexity index is 665. The third-order valence-corrected chi connectivity index (χ3v) is 5.19. The van der Waals surface area contributed by atoms with Crippen LogP contribution in [0.5, 0.6) is 0 Å². The molecular formula is C18H21ClN2O3. The van der Waals surface area contributed by atoms with Crippen molar-refractivity contribution in [2.75, 3.05) is 11.9 Å². The number of imide groups is 1. The summed E-state index contributed by atoms with van der Waals surface area (Å²) in [4.78, 5) is 38.2. The van der Waals surface area contributed by atoms with Crippen molar-refractivity contribution in [2.24, 2.45) is 11.8 Å². The van der Waals surface area contributed by atoms with Crippen LogP contribution in [0.4, 0.5) is 5.69 Å². The quantitative estimate of drug-likeness (QED) is 0.850. The van der Waals surface area contributed by atoms with Gasteiger partial charge in [0.15, 0.2) is 0 Å². The Balaban J connectivity index is 1.58. The molecule has 0 spiro atoms. The fourth-order valence-corrected chi connectivity index (χ4v) is 3.87. The van der Waals surface area contributed by atoms with Crippen molar-refractivity contribution >= 4 is 35.0 Å². The Hall–Kier alpha value is -1.88. The third kappa shape index (κ3) is 3.31. The van der Waals surface area contributed by atoms with Gasteiger partial charge in [0.05, 0.1) is 11.8 Å². The Morgan fingerprint density at radius 1 is 1.21 bits per heavy atom. The fourth-order valence-electron chi connectivity index (χ4n) is 3.64. The van der Waals surface area contributed by atoms with Crippen LogP contribution in [0, 0.1) is 18.8 Å². The highest BCUT2D eigenvalue weighted by Crippen LogP contribution is 2.38. The first kappa shape index (κ1) is 17.0. The van der Waals surface area contributed by atoms with Gasteiger partial charge in [-0.2, -0.15) is 0 Å². The van der Waals surface area contributed by atoms with Crippen LogP contribution in [0.1, 0.15) is 37.7 Å².